The molecule has 0 saturated carbocycles. The lowest BCUT2D eigenvalue weighted by Gasteiger charge is -2.02. The number of carbonyl (C=O) groups is 1. The maximum absolute atomic E-state index is 9.59. The molecule has 0 radical (unpaired) electrons. The third-order valence-electron chi connectivity index (χ3n) is 0.312. The Morgan fingerprint density at radius 3 is 2.11 bits per heavy atom. The van der Waals surface area contributed by atoms with E-state index < -0.39 is 32.7 Å². The molecule has 0 fully saturated rings. The normalized spacial score (nSPS) is 11.4. The molecule has 0 rings (SSSR count). The first kappa shape index (κ1) is 9.04. The summed E-state index contributed by atoms with van der Waals surface area (Å²) in [5.41, 5.74) is 0. The highest BCUT2D eigenvalue weighted by atomic mass is 127. The number of carboxylic acids is 1. The summed E-state index contributed by atoms with van der Waals surface area (Å²) >= 11 is -5.72. The zero-order chi connectivity index (χ0) is 7.49. The molecule has 0 unspecified atom stereocenters. The van der Waals surface area contributed by atoms with Crippen LogP contribution in [0.5, 0.6) is 0 Å². The molecule has 0 aliphatic carbocycles. The van der Waals surface area contributed by atoms with Crippen LogP contribution in [0.1, 0.15) is 0 Å². The molecule has 0 aromatic carbocycles. The molecule has 1 N–H and O–H groups in total. The van der Waals surface area contributed by atoms with E-state index in [0.717, 1.165) is 0 Å². The molecule has 0 aliphatic heterocycles. The lowest BCUT2D eigenvalue weighted by atomic mass is 10.8. The number of aliphatic carboxylic acids is 1. The average Bonchev–Trinajstić information content (AvgIpc) is 1.59. The van der Waals surface area contributed by atoms with Crippen LogP contribution in [-0.2, 0) is 7.86 Å². The van der Waals surface area contributed by atoms with E-state index in [1.54, 1.807) is 0 Å². The second-order valence-corrected chi connectivity index (χ2v) is 3.81. The molecule has 0 amide bonds. The molecular formula is C2H3IO6. The summed E-state index contributed by atoms with van der Waals surface area (Å²) in [5.74, 6) is -1.48. The van der Waals surface area contributed by atoms with Crippen molar-refractivity contribution in [3.05, 3.63) is 0 Å². The van der Waals surface area contributed by atoms with E-state index in [9.17, 15) is 15.1 Å². The van der Waals surface area contributed by atoms with Crippen LogP contribution >= 0.6 is 0 Å². The van der Waals surface area contributed by atoms with Crippen molar-refractivity contribution in [2.45, 2.75) is 0 Å². The predicted octanol–water partition coefficient (Wildman–Crippen LogP) is -7.01. The SMILES string of the molecule is O=C(O)CO[I+3]([O-])([O-])[O-]. The van der Waals surface area contributed by atoms with Crippen molar-refractivity contribution in [2.75, 3.05) is 6.61 Å². The Kier molecular flexibility index (Phi) is 3.28. The molecule has 0 atom stereocenters. The van der Waals surface area contributed by atoms with Crippen LogP contribution in [0.4, 0.5) is 0 Å². The summed E-state index contributed by atoms with van der Waals surface area (Å²) in [6, 6.07) is 0. The third kappa shape index (κ3) is 8.04. The van der Waals surface area contributed by atoms with Gasteiger partial charge in [-0.2, -0.15) is 0 Å². The van der Waals surface area contributed by atoms with E-state index in [4.69, 9.17) is 5.11 Å². The van der Waals surface area contributed by atoms with Gasteiger partial charge in [0.2, 0.25) is 0 Å². The van der Waals surface area contributed by atoms with Gasteiger partial charge >= 0.3 is 26.1 Å². The van der Waals surface area contributed by atoms with E-state index in [1.807, 2.05) is 0 Å². The largest absolute Gasteiger partial charge is 0.479 e. The van der Waals surface area contributed by atoms with E-state index in [2.05, 4.69) is 3.07 Å². The molecule has 54 valence electrons. The first-order chi connectivity index (χ1) is 3.92. The smallest absolute Gasteiger partial charge is 0.373 e. The van der Waals surface area contributed by atoms with Gasteiger partial charge in [-0.05, 0) is 0 Å². The number of carboxylic acid groups (broad SMARTS) is 1. The van der Waals surface area contributed by atoms with E-state index in [-0.39, 0.29) is 0 Å². The topological polar surface area (TPSA) is 116 Å². The Morgan fingerprint density at radius 1 is 1.56 bits per heavy atom. The molecular weight excluding hydrogens is 247 g/mol. The molecule has 0 aromatic rings. The Labute approximate surface area is 56.4 Å². The number of hydrogen-bond acceptors (Lipinski definition) is 5. The molecule has 0 heterocycles. The summed E-state index contributed by atoms with van der Waals surface area (Å²) in [4.78, 5) is 9.53. The minimum Gasteiger partial charge on any atom is -0.479 e. The summed E-state index contributed by atoms with van der Waals surface area (Å²) in [6.07, 6.45) is 0. The first-order valence-corrected chi connectivity index (χ1v) is 5.21. The highest BCUT2D eigenvalue weighted by Gasteiger charge is 2.27. The van der Waals surface area contributed by atoms with Gasteiger partial charge < -0.3 is 5.11 Å². The van der Waals surface area contributed by atoms with Crippen LogP contribution in [0.3, 0.4) is 0 Å². The Balaban J connectivity index is 3.39. The monoisotopic (exact) mass is 250 g/mol. The van der Waals surface area contributed by atoms with Crippen LogP contribution in [0.2, 0.25) is 0 Å². The van der Waals surface area contributed by atoms with Crippen molar-refractivity contribution in [1.29, 1.82) is 0 Å². The molecule has 7 heteroatoms. The lowest BCUT2D eigenvalue weighted by molar-refractivity contribution is -1.92. The summed E-state index contributed by atoms with van der Waals surface area (Å²) in [5, 5.41) is 7.76. The van der Waals surface area contributed by atoms with E-state index >= 15 is 0 Å². The molecule has 0 spiro atoms. The minimum atomic E-state index is -5.72. The van der Waals surface area contributed by atoms with Crippen molar-refractivity contribution in [3.63, 3.8) is 0 Å². The first-order valence-electron chi connectivity index (χ1n) is 1.69. The van der Waals surface area contributed by atoms with Gasteiger partial charge in [0.05, 0.1) is 0 Å². The van der Waals surface area contributed by atoms with Crippen LogP contribution in [0.15, 0.2) is 0 Å². The van der Waals surface area contributed by atoms with Gasteiger partial charge in [0, 0.05) is 3.07 Å². The van der Waals surface area contributed by atoms with Gasteiger partial charge in [0.15, 0.2) is 0 Å². The summed E-state index contributed by atoms with van der Waals surface area (Å²) < 4.78 is 32.2. The van der Waals surface area contributed by atoms with E-state index in [0.29, 0.717) is 0 Å². The molecule has 9 heavy (non-hydrogen) atoms. The summed E-state index contributed by atoms with van der Waals surface area (Å²) in [7, 11) is 0. The fourth-order valence-corrected chi connectivity index (χ4v) is 0.761. The van der Waals surface area contributed by atoms with E-state index in [1.165, 1.54) is 0 Å². The van der Waals surface area contributed by atoms with Crippen molar-refractivity contribution < 1.29 is 43.4 Å². The Morgan fingerprint density at radius 2 is 2.00 bits per heavy atom. The highest BCUT2D eigenvalue weighted by Crippen LogP contribution is 1.56. The van der Waals surface area contributed by atoms with Gasteiger partial charge in [-0.15, -0.1) is 0 Å². The van der Waals surface area contributed by atoms with Crippen molar-refractivity contribution in [1.82, 2.24) is 0 Å². The van der Waals surface area contributed by atoms with Crippen molar-refractivity contribution in [2.24, 2.45) is 0 Å². The quantitative estimate of drug-likeness (QED) is 0.497. The van der Waals surface area contributed by atoms with Gasteiger partial charge in [-0.1, -0.05) is 0 Å². The molecule has 6 nitrogen and oxygen atoms in total. The highest BCUT2D eigenvalue weighted by molar-refractivity contribution is 5.67. The minimum absolute atomic E-state index is 1.08. The van der Waals surface area contributed by atoms with Crippen molar-refractivity contribution >= 4 is 5.97 Å². The van der Waals surface area contributed by atoms with Crippen LogP contribution in [0.25, 0.3) is 0 Å². The summed E-state index contributed by atoms with van der Waals surface area (Å²) in [6.45, 7) is -1.08. The standard InChI is InChI=1S/C2H3IO6/c4-2(5)1-9-3(6,7)8/h1H2,(H,4,5). The molecule has 0 aromatic heterocycles. The van der Waals surface area contributed by atoms with Crippen LogP contribution < -0.4 is 30.4 Å². The number of rotatable bonds is 3. The van der Waals surface area contributed by atoms with Gasteiger partial charge in [-0.3, -0.25) is 10.3 Å². The van der Waals surface area contributed by atoms with Gasteiger partial charge in [0.25, 0.3) is 6.61 Å². The second kappa shape index (κ2) is 3.27. The predicted molar refractivity (Wildman–Crippen MR) is 13.6 cm³/mol. The fourth-order valence-electron chi connectivity index (χ4n) is 0.113. The number of halogens is 1. The zero-order valence-electron chi connectivity index (χ0n) is 4.07. The van der Waals surface area contributed by atoms with Crippen LogP contribution in [0, 0.1) is 0 Å². The lowest BCUT2D eigenvalue weighted by Crippen LogP contribution is -4.24. The van der Waals surface area contributed by atoms with Crippen molar-refractivity contribution in [3.8, 4) is 0 Å². The maximum atomic E-state index is 9.59. The second-order valence-electron chi connectivity index (χ2n) is 1.03. The third-order valence-corrected chi connectivity index (χ3v) is 1.39. The molecule has 0 saturated heterocycles. The Hall–Kier alpha value is 0.0400. The average molecular weight is 250 g/mol. The zero-order valence-corrected chi connectivity index (χ0v) is 6.23. The Bertz CT molecular complexity index is 104. The molecule has 0 aliphatic rings. The number of hydrogen-bond donors (Lipinski definition) is 1. The van der Waals surface area contributed by atoms with Gasteiger partial charge in [-0.25, -0.2) is 4.79 Å². The van der Waals surface area contributed by atoms with Crippen LogP contribution in [-0.4, -0.2) is 17.7 Å². The maximum Gasteiger partial charge on any atom is 0.373 e. The molecule has 0 bridgehead atoms. The van der Waals surface area contributed by atoms with Gasteiger partial charge in [0.1, 0.15) is 0 Å². The fraction of sp³-hybridized carbons (Fsp3) is 0.500.